The summed E-state index contributed by atoms with van der Waals surface area (Å²) in [5, 5.41) is 29.3. The topological polar surface area (TPSA) is 214 Å². The third-order valence-corrected chi connectivity index (χ3v) is 16.2. The fraction of sp³-hybridized carbons (Fsp3) is 0.466. The highest BCUT2D eigenvalue weighted by Crippen LogP contribution is 2.55. The second kappa shape index (κ2) is 22.8. The van der Waals surface area contributed by atoms with E-state index in [1.54, 1.807) is 53.8 Å². The van der Waals surface area contributed by atoms with Crippen molar-refractivity contribution in [2.75, 3.05) is 13.2 Å². The number of hydrogen-bond donors (Lipinski definition) is 4. The quantitative estimate of drug-likeness (QED) is 0.0686. The number of nitriles is 1. The van der Waals surface area contributed by atoms with Gasteiger partial charge in [-0.25, -0.2) is 9.97 Å². The van der Waals surface area contributed by atoms with Crippen molar-refractivity contribution >= 4 is 46.6 Å². The first-order valence-corrected chi connectivity index (χ1v) is 27.1. The van der Waals surface area contributed by atoms with Crippen LogP contribution < -0.4 is 34.9 Å². The Hall–Kier alpha value is -6.74. The largest absolute Gasteiger partial charge is 0.490 e. The number of aliphatic hydroxyl groups excluding tert-OH is 1. The van der Waals surface area contributed by atoms with Crippen LogP contribution in [0.4, 0.5) is 0 Å². The fourth-order valence-electron chi connectivity index (χ4n) is 11.0. The Bertz CT molecular complexity index is 2910. The number of benzene rings is 3. The van der Waals surface area contributed by atoms with Crippen LogP contribution in [0.25, 0.3) is 10.4 Å². The van der Waals surface area contributed by atoms with Crippen LogP contribution in [0, 0.1) is 34.5 Å². The first-order chi connectivity index (χ1) is 36.0. The molecule has 0 bridgehead atoms. The van der Waals surface area contributed by atoms with Crippen LogP contribution in [-0.4, -0.2) is 99.3 Å². The summed E-state index contributed by atoms with van der Waals surface area (Å²) in [7, 11) is 0. The van der Waals surface area contributed by atoms with Crippen molar-refractivity contribution in [2.45, 2.75) is 143 Å². The number of nitrogens with zero attached hydrogens (tertiary/aromatic N) is 4. The number of rotatable bonds is 17. The van der Waals surface area contributed by atoms with Gasteiger partial charge in [0.25, 0.3) is 11.8 Å². The van der Waals surface area contributed by atoms with E-state index in [4.69, 9.17) is 30.5 Å². The number of thiazole rings is 1. The summed E-state index contributed by atoms with van der Waals surface area (Å²) in [6, 6.07) is 23.1. The van der Waals surface area contributed by atoms with E-state index in [0.29, 0.717) is 39.3 Å². The Labute approximate surface area is 453 Å². The molecule has 4 amide bonds. The summed E-state index contributed by atoms with van der Waals surface area (Å²) >= 11 is 7.83. The van der Waals surface area contributed by atoms with Crippen molar-refractivity contribution < 1.29 is 43.2 Å². The third kappa shape index (κ3) is 12.6. The van der Waals surface area contributed by atoms with Crippen LogP contribution in [0.1, 0.15) is 121 Å². The zero-order valence-corrected chi connectivity index (χ0v) is 46.1. The molecule has 3 aliphatic rings. The minimum absolute atomic E-state index is 0.0204. The predicted octanol–water partition coefficient (Wildman–Crippen LogP) is 9.17. The van der Waals surface area contributed by atoms with Crippen molar-refractivity contribution in [1.82, 2.24) is 30.8 Å². The van der Waals surface area contributed by atoms with Crippen molar-refractivity contribution in [3.05, 3.63) is 118 Å². The molecule has 2 aliphatic carbocycles. The van der Waals surface area contributed by atoms with Gasteiger partial charge in [0.1, 0.15) is 47.6 Å². The SMILES string of the molecule is Cc1ncsc1-c1ccc([C@H](C)NC(=O)[C@@H]2C[C@@H](O)CN2C(=O)C(NC(=O)COc2ccc(OC3CCC(Oc4ccc(C(=O)N[C@H]5C(C)(C)[C@H](Oc6ccc(C#N)c(Cl)c6)C5(C)C)cc4)CC3)nc2)C(C)(C)C)cc1. The molecular weight excluding hydrogens is 1010 g/mol. The molecule has 1 aliphatic heterocycles. The molecule has 1 unspecified atom stereocenters. The van der Waals surface area contributed by atoms with Gasteiger partial charge < -0.3 is 44.9 Å². The van der Waals surface area contributed by atoms with E-state index in [1.807, 2.05) is 76.5 Å². The number of aryl methyl sites for hydroxylation is 1. The summed E-state index contributed by atoms with van der Waals surface area (Å²) < 4.78 is 24.7. The van der Waals surface area contributed by atoms with Gasteiger partial charge in [-0.15, -0.1) is 11.3 Å². The molecule has 3 aromatic carbocycles. The Morgan fingerprint density at radius 1 is 0.868 bits per heavy atom. The van der Waals surface area contributed by atoms with E-state index in [2.05, 4.69) is 59.7 Å². The smallest absolute Gasteiger partial charge is 0.258 e. The van der Waals surface area contributed by atoms with Crippen LogP contribution >= 0.6 is 22.9 Å². The summed E-state index contributed by atoms with van der Waals surface area (Å²) in [4.78, 5) is 65.9. The lowest BCUT2D eigenvalue weighted by atomic mass is 9.49. The Morgan fingerprint density at radius 3 is 2.11 bits per heavy atom. The molecule has 5 aromatic rings. The minimum atomic E-state index is -1.02. The molecule has 0 radical (unpaired) electrons. The molecule has 16 nitrogen and oxygen atoms in total. The zero-order chi connectivity index (χ0) is 54.7. The number of likely N-dealkylation sites (tertiary alicyclic amines) is 1. The maximum atomic E-state index is 14.2. The average Bonchev–Trinajstić information content (AvgIpc) is 4.08. The lowest BCUT2D eigenvalue weighted by Gasteiger charge is -2.63. The van der Waals surface area contributed by atoms with E-state index < -0.39 is 46.2 Å². The highest BCUT2D eigenvalue weighted by molar-refractivity contribution is 7.13. The number of amides is 4. The molecule has 8 rings (SSSR count). The maximum absolute atomic E-state index is 14.2. The van der Waals surface area contributed by atoms with E-state index in [-0.39, 0.29) is 61.8 Å². The molecule has 402 valence electrons. The Kier molecular flexibility index (Phi) is 16.7. The monoisotopic (exact) mass is 1070 g/mol. The second-order valence-corrected chi connectivity index (χ2v) is 23.7. The van der Waals surface area contributed by atoms with Crippen molar-refractivity contribution in [2.24, 2.45) is 16.2 Å². The standard InChI is InChI=1S/C58H68ClN7O9S/c1-33(35-10-12-36(13-11-35)49-34(2)62-32-76-49)63-52(70)46-26-39(67)30-66(46)53(71)50(56(3,4)5)64-47(68)31-72-44-24-25-48(61-29-44)74-42-22-20-41(21-23-42)73-40-17-14-37(15-18-40)51(69)65-54-57(6,7)55(58(54,8)9)75-43-19-16-38(28-60)45(59)27-43/h10-19,24-25,27,29,32-33,39,41-42,46,50,54-55,67H,20-23,26,30-31H2,1-9H3,(H,63,70)(H,64,68)(H,65,69)/t33-,39+,41?,42?,46-,50?,54-,55-/m0/s1. The van der Waals surface area contributed by atoms with Crippen molar-refractivity contribution in [3.8, 4) is 39.6 Å². The molecule has 3 fully saturated rings. The Balaban J connectivity index is 0.758. The number of ether oxygens (including phenoxy) is 4. The number of β-amino-alcohol motifs (C(OH)–C–C–N with tert-alkyl or cyclic N) is 1. The number of aliphatic hydroxyl groups is 1. The normalized spacial score (nSPS) is 22.4. The molecule has 2 saturated carbocycles. The highest BCUT2D eigenvalue weighted by atomic mass is 35.5. The van der Waals surface area contributed by atoms with Crippen LogP contribution in [-0.2, 0) is 14.4 Å². The summed E-state index contributed by atoms with van der Waals surface area (Å²) in [6.45, 7) is 17.1. The Morgan fingerprint density at radius 2 is 1.51 bits per heavy atom. The van der Waals surface area contributed by atoms with Gasteiger partial charge in [0.05, 0.1) is 51.1 Å². The lowest BCUT2D eigenvalue weighted by Crippen LogP contribution is -2.74. The first kappa shape index (κ1) is 55.5. The third-order valence-electron chi connectivity index (χ3n) is 14.9. The number of nitrogens with one attached hydrogen (secondary N) is 3. The lowest BCUT2D eigenvalue weighted by molar-refractivity contribution is -0.164. The number of pyridine rings is 1. The first-order valence-electron chi connectivity index (χ1n) is 25.8. The van der Waals surface area contributed by atoms with Crippen LogP contribution in [0.5, 0.6) is 23.1 Å². The predicted molar refractivity (Wildman–Crippen MR) is 289 cm³/mol. The fourth-order valence-corrected chi connectivity index (χ4v) is 12.0. The molecule has 1 saturated heterocycles. The van der Waals surface area contributed by atoms with E-state index in [0.717, 1.165) is 47.4 Å². The van der Waals surface area contributed by atoms with Crippen molar-refractivity contribution in [3.63, 3.8) is 0 Å². The van der Waals surface area contributed by atoms with Gasteiger partial charge >= 0.3 is 0 Å². The van der Waals surface area contributed by atoms with Crippen LogP contribution in [0.2, 0.25) is 5.02 Å². The van der Waals surface area contributed by atoms with Crippen LogP contribution in [0.3, 0.4) is 0 Å². The van der Waals surface area contributed by atoms with Gasteiger partial charge in [0.15, 0.2) is 6.61 Å². The number of hydrogen-bond acceptors (Lipinski definition) is 13. The van der Waals surface area contributed by atoms with E-state index >= 15 is 0 Å². The molecule has 4 N–H and O–H groups in total. The molecule has 3 heterocycles. The molecule has 2 aromatic heterocycles. The number of aromatic nitrogens is 2. The molecule has 18 heteroatoms. The van der Waals surface area contributed by atoms with Crippen molar-refractivity contribution in [1.29, 1.82) is 5.26 Å². The van der Waals surface area contributed by atoms with Gasteiger partial charge in [-0.3, -0.25) is 19.2 Å². The van der Waals surface area contributed by atoms with Gasteiger partial charge in [0.2, 0.25) is 17.7 Å². The van der Waals surface area contributed by atoms with Gasteiger partial charge in [-0.2, -0.15) is 5.26 Å². The molecule has 76 heavy (non-hydrogen) atoms. The average molecular weight is 1070 g/mol. The molecular formula is C58H68ClN7O9S. The zero-order valence-electron chi connectivity index (χ0n) is 44.5. The second-order valence-electron chi connectivity index (χ2n) is 22.5. The number of halogens is 1. The molecule has 4 atom stereocenters. The van der Waals surface area contributed by atoms with Gasteiger partial charge in [0, 0.05) is 47.5 Å². The highest BCUT2D eigenvalue weighted by Gasteiger charge is 2.64. The summed E-state index contributed by atoms with van der Waals surface area (Å²) in [5.41, 5.74) is 4.07. The van der Waals surface area contributed by atoms with E-state index in [9.17, 15) is 29.5 Å². The maximum Gasteiger partial charge on any atom is 0.258 e. The van der Waals surface area contributed by atoms with Gasteiger partial charge in [-0.05, 0) is 98.5 Å². The summed E-state index contributed by atoms with van der Waals surface area (Å²) in [5.74, 6) is 0.435. The van der Waals surface area contributed by atoms with Crippen LogP contribution in [0.15, 0.2) is 90.6 Å². The van der Waals surface area contributed by atoms with E-state index in [1.165, 1.54) is 11.1 Å². The van der Waals surface area contributed by atoms with Gasteiger partial charge in [-0.1, -0.05) is 84.3 Å². The number of carbonyl (C=O) groups excluding carboxylic acids is 4. The summed E-state index contributed by atoms with van der Waals surface area (Å²) in [6.07, 6.45) is 3.37. The molecule has 0 spiro atoms. The minimum Gasteiger partial charge on any atom is -0.490 e. The number of carbonyl (C=O) groups is 4.